The number of aliphatic carboxylic acids is 1. The number of nitrogens with one attached hydrogen (secondary N) is 1. The monoisotopic (exact) mass is 561 g/mol. The molecule has 0 fully saturated rings. The second-order valence-corrected chi connectivity index (χ2v) is 9.58. The summed E-state index contributed by atoms with van der Waals surface area (Å²) in [7, 11) is 1.53. The number of thioether (sulfide) groups is 1. The fourth-order valence-electron chi connectivity index (χ4n) is 3.18. The van der Waals surface area contributed by atoms with Gasteiger partial charge in [-0.2, -0.15) is 0 Å². The predicted molar refractivity (Wildman–Crippen MR) is 142 cm³/mol. The molecule has 0 aliphatic heterocycles. The van der Waals surface area contributed by atoms with Crippen LogP contribution in [-0.2, 0) is 11.4 Å². The summed E-state index contributed by atoms with van der Waals surface area (Å²) in [5.74, 6) is 0.294. The highest BCUT2D eigenvalue weighted by Gasteiger charge is 2.17. The number of carboxylic acid groups (broad SMARTS) is 1. The molecule has 0 amide bonds. The molecule has 0 bridgehead atoms. The average Bonchev–Trinajstić information content (AvgIpc) is 3.32. The molecule has 0 aliphatic rings. The Morgan fingerprint density at radius 2 is 1.81 bits per heavy atom. The minimum atomic E-state index is -1.14. The number of nitrogens with zero attached hydrogens (tertiary/aromatic N) is 2. The van der Waals surface area contributed by atoms with Crippen molar-refractivity contribution in [3.05, 3.63) is 91.8 Å². The normalized spacial score (nSPS) is 11.4. The van der Waals surface area contributed by atoms with Gasteiger partial charge in [-0.05, 0) is 54.2 Å². The molecule has 4 rings (SSSR count). The Kier molecular flexibility index (Phi) is 8.43. The molecule has 36 heavy (non-hydrogen) atoms. The summed E-state index contributed by atoms with van der Waals surface area (Å²) in [4.78, 5) is 16.4. The third kappa shape index (κ3) is 6.33. The Balaban J connectivity index is 1.57. The molecule has 0 aliphatic carbocycles. The topological polar surface area (TPSA) is 97.3 Å². The third-order valence-corrected chi connectivity index (χ3v) is 6.60. The summed E-state index contributed by atoms with van der Waals surface area (Å²) in [6, 6.07) is 17.3. The van der Waals surface area contributed by atoms with Crippen molar-refractivity contribution >= 4 is 58.6 Å². The number of aromatic nitrogens is 3. The first-order chi connectivity index (χ1) is 17.3. The number of ether oxygens (including phenoxy) is 2. The van der Waals surface area contributed by atoms with Gasteiger partial charge in [-0.15, -0.1) is 5.10 Å². The smallest absolute Gasteiger partial charge is 0.342 e. The quantitative estimate of drug-likeness (QED) is 0.164. The van der Waals surface area contributed by atoms with Crippen LogP contribution in [0.5, 0.6) is 11.5 Å². The number of carboxylic acids is 1. The molecule has 184 valence electrons. The fourth-order valence-corrected chi connectivity index (χ4v) is 4.51. The minimum Gasteiger partial charge on any atom is -0.496 e. The van der Waals surface area contributed by atoms with Gasteiger partial charge in [-0.1, -0.05) is 59.1 Å². The SMILES string of the molecule is COc1ccc(Cl)cc1-c1nc(S/C(=C\c2ccccc2OCc2ccc(Cl)cc2Cl)C(=O)O)n[nH]1. The van der Waals surface area contributed by atoms with Gasteiger partial charge in [0.05, 0.1) is 12.7 Å². The van der Waals surface area contributed by atoms with Crippen LogP contribution >= 0.6 is 46.6 Å². The maximum atomic E-state index is 12.0. The van der Waals surface area contributed by atoms with Crippen molar-refractivity contribution in [3.63, 3.8) is 0 Å². The number of carbonyl (C=O) groups is 1. The summed E-state index contributed by atoms with van der Waals surface area (Å²) in [6.45, 7) is 0.183. The van der Waals surface area contributed by atoms with E-state index in [-0.39, 0.29) is 16.7 Å². The molecule has 4 aromatic rings. The van der Waals surface area contributed by atoms with Gasteiger partial charge in [-0.3, -0.25) is 5.10 Å². The largest absolute Gasteiger partial charge is 0.496 e. The molecule has 1 heterocycles. The van der Waals surface area contributed by atoms with Crippen molar-refractivity contribution in [2.75, 3.05) is 7.11 Å². The lowest BCUT2D eigenvalue weighted by Crippen LogP contribution is -2.00. The van der Waals surface area contributed by atoms with Crippen LogP contribution in [0.1, 0.15) is 11.1 Å². The molecule has 2 N–H and O–H groups in total. The van der Waals surface area contributed by atoms with E-state index in [1.165, 1.54) is 13.2 Å². The van der Waals surface area contributed by atoms with E-state index >= 15 is 0 Å². The van der Waals surface area contributed by atoms with Crippen molar-refractivity contribution in [1.29, 1.82) is 0 Å². The Morgan fingerprint density at radius 1 is 1.06 bits per heavy atom. The number of aromatic amines is 1. The van der Waals surface area contributed by atoms with E-state index in [1.807, 2.05) is 0 Å². The van der Waals surface area contributed by atoms with Gasteiger partial charge in [0.25, 0.3) is 0 Å². The molecule has 0 saturated carbocycles. The van der Waals surface area contributed by atoms with Gasteiger partial charge in [-0.25, -0.2) is 9.78 Å². The summed E-state index contributed by atoms with van der Waals surface area (Å²) in [5.41, 5.74) is 1.92. The van der Waals surface area contributed by atoms with Crippen LogP contribution < -0.4 is 9.47 Å². The van der Waals surface area contributed by atoms with Crippen molar-refractivity contribution < 1.29 is 19.4 Å². The lowest BCUT2D eigenvalue weighted by molar-refractivity contribution is -0.131. The number of hydrogen-bond acceptors (Lipinski definition) is 6. The molecular formula is C25H18Cl3N3O4S. The zero-order valence-electron chi connectivity index (χ0n) is 18.7. The minimum absolute atomic E-state index is 0.000755. The van der Waals surface area contributed by atoms with E-state index in [2.05, 4.69) is 15.2 Å². The van der Waals surface area contributed by atoms with Gasteiger partial charge in [0, 0.05) is 26.2 Å². The number of methoxy groups -OCH3 is 1. The summed E-state index contributed by atoms with van der Waals surface area (Å²) in [6.07, 6.45) is 1.50. The van der Waals surface area contributed by atoms with E-state index in [4.69, 9.17) is 44.3 Å². The molecule has 3 aromatic carbocycles. The number of hydrogen-bond donors (Lipinski definition) is 2. The molecule has 0 spiro atoms. The highest BCUT2D eigenvalue weighted by atomic mass is 35.5. The van der Waals surface area contributed by atoms with Crippen LogP contribution in [0.25, 0.3) is 17.5 Å². The van der Waals surface area contributed by atoms with Gasteiger partial charge < -0.3 is 14.6 Å². The molecule has 0 radical (unpaired) electrons. The Hall–Kier alpha value is -3.17. The highest BCUT2D eigenvalue weighted by Crippen LogP contribution is 2.34. The first kappa shape index (κ1) is 25.9. The second-order valence-electron chi connectivity index (χ2n) is 7.29. The number of H-pyrrole nitrogens is 1. The Morgan fingerprint density at radius 3 is 2.56 bits per heavy atom. The first-order valence-electron chi connectivity index (χ1n) is 10.4. The second kappa shape index (κ2) is 11.7. The van der Waals surface area contributed by atoms with Gasteiger partial charge in [0.2, 0.25) is 5.16 Å². The zero-order valence-corrected chi connectivity index (χ0v) is 21.8. The van der Waals surface area contributed by atoms with Gasteiger partial charge in [0.1, 0.15) is 23.0 Å². The summed E-state index contributed by atoms with van der Waals surface area (Å²) in [5, 5.41) is 18.5. The van der Waals surface area contributed by atoms with Crippen LogP contribution in [0, 0.1) is 0 Å². The van der Waals surface area contributed by atoms with E-state index in [0.717, 1.165) is 17.3 Å². The van der Waals surface area contributed by atoms with E-state index in [1.54, 1.807) is 60.7 Å². The lowest BCUT2D eigenvalue weighted by atomic mass is 10.2. The molecular weight excluding hydrogens is 545 g/mol. The van der Waals surface area contributed by atoms with E-state index in [9.17, 15) is 9.90 Å². The standard InChI is InChI=1S/C25H18Cl3N3O4S/c1-34-21-9-8-16(26)11-18(21)23-29-25(31-30-23)36-22(24(32)33)10-14-4-2-3-5-20(14)35-13-15-6-7-17(27)12-19(15)28/h2-12H,13H2,1H3,(H,32,33)(H,29,30,31)/b22-10-. The van der Waals surface area contributed by atoms with Crippen LogP contribution in [0.4, 0.5) is 0 Å². The molecule has 0 atom stereocenters. The maximum Gasteiger partial charge on any atom is 0.342 e. The zero-order chi connectivity index (χ0) is 25.7. The van der Waals surface area contributed by atoms with Crippen molar-refractivity contribution in [2.45, 2.75) is 11.8 Å². The van der Waals surface area contributed by atoms with E-state index < -0.39 is 5.97 Å². The van der Waals surface area contributed by atoms with Crippen molar-refractivity contribution in [3.8, 4) is 22.9 Å². The fraction of sp³-hybridized carbons (Fsp3) is 0.0800. The van der Waals surface area contributed by atoms with Crippen LogP contribution in [0.2, 0.25) is 15.1 Å². The molecule has 0 saturated heterocycles. The third-order valence-electron chi connectivity index (χ3n) is 4.90. The molecule has 7 nitrogen and oxygen atoms in total. The Labute approximate surface area is 226 Å². The highest BCUT2D eigenvalue weighted by molar-refractivity contribution is 8.04. The number of benzene rings is 3. The Bertz CT molecular complexity index is 1440. The van der Waals surface area contributed by atoms with Gasteiger partial charge >= 0.3 is 5.97 Å². The average molecular weight is 563 g/mol. The van der Waals surface area contributed by atoms with Crippen LogP contribution in [-0.4, -0.2) is 33.4 Å². The summed E-state index contributed by atoms with van der Waals surface area (Å²) < 4.78 is 11.3. The molecule has 11 heteroatoms. The summed E-state index contributed by atoms with van der Waals surface area (Å²) >= 11 is 19.2. The van der Waals surface area contributed by atoms with Crippen molar-refractivity contribution in [2.24, 2.45) is 0 Å². The lowest BCUT2D eigenvalue weighted by Gasteiger charge is -2.11. The maximum absolute atomic E-state index is 12.0. The predicted octanol–water partition coefficient (Wildman–Crippen LogP) is 7.24. The molecule has 1 aromatic heterocycles. The van der Waals surface area contributed by atoms with Gasteiger partial charge in [0.15, 0.2) is 5.82 Å². The van der Waals surface area contributed by atoms with Crippen LogP contribution in [0.3, 0.4) is 0 Å². The number of rotatable bonds is 9. The van der Waals surface area contributed by atoms with Crippen molar-refractivity contribution in [1.82, 2.24) is 15.2 Å². The number of halogens is 3. The molecule has 0 unspecified atom stereocenters. The first-order valence-corrected chi connectivity index (χ1v) is 12.3. The number of para-hydroxylation sites is 1. The van der Waals surface area contributed by atoms with E-state index in [0.29, 0.717) is 43.5 Å². The van der Waals surface area contributed by atoms with Crippen LogP contribution in [0.15, 0.2) is 70.7 Å².